The van der Waals surface area contributed by atoms with E-state index in [0.29, 0.717) is 32.1 Å². The molecule has 26 heavy (non-hydrogen) atoms. The number of likely N-dealkylation sites (tertiary alicyclic amines) is 1. The molecule has 1 aromatic rings. The second-order valence-electron chi connectivity index (χ2n) is 7.92. The van der Waals surface area contributed by atoms with Gasteiger partial charge in [0.1, 0.15) is 5.82 Å². The molecule has 1 atom stereocenters. The van der Waals surface area contributed by atoms with Crippen molar-refractivity contribution in [2.45, 2.75) is 57.1 Å². The van der Waals surface area contributed by atoms with E-state index in [9.17, 15) is 9.59 Å². The second-order valence-corrected chi connectivity index (χ2v) is 7.92. The minimum absolute atomic E-state index is 0.149. The predicted octanol–water partition coefficient (Wildman–Crippen LogP) is 2.76. The molecule has 1 saturated carbocycles. The number of hydrogen-bond acceptors (Lipinski definition) is 4. The summed E-state index contributed by atoms with van der Waals surface area (Å²) in [7, 11) is 1.73. The van der Waals surface area contributed by atoms with Crippen LogP contribution in [0.3, 0.4) is 0 Å². The fraction of sp³-hybridized carbons (Fsp3) is 0.722. The number of anilines is 1. The third-order valence-corrected chi connectivity index (χ3v) is 5.76. The highest BCUT2D eigenvalue weighted by Gasteiger charge is 2.49. The SMILES string of the molecule is Cc1cc(NC(=O)N2CC[C@@]3(CN(C)C(=O)O3)C2)n(C2CCCCC2)n1. The summed E-state index contributed by atoms with van der Waals surface area (Å²) in [6, 6.07) is 2.15. The first-order valence-corrected chi connectivity index (χ1v) is 9.52. The van der Waals surface area contributed by atoms with Gasteiger partial charge in [-0.05, 0) is 19.8 Å². The van der Waals surface area contributed by atoms with Gasteiger partial charge in [0.2, 0.25) is 0 Å². The molecular formula is C18H27N5O3. The van der Waals surface area contributed by atoms with E-state index in [1.807, 2.05) is 17.7 Å². The zero-order valence-corrected chi connectivity index (χ0v) is 15.5. The number of hydrogen-bond donors (Lipinski definition) is 1. The van der Waals surface area contributed by atoms with E-state index in [1.165, 1.54) is 19.3 Å². The summed E-state index contributed by atoms with van der Waals surface area (Å²) in [6.07, 6.45) is 6.30. The Bertz CT molecular complexity index is 712. The minimum atomic E-state index is -0.553. The lowest BCUT2D eigenvalue weighted by molar-refractivity contribution is 0.0662. The van der Waals surface area contributed by atoms with Crippen LogP contribution in [0.25, 0.3) is 0 Å². The highest BCUT2D eigenvalue weighted by Crippen LogP contribution is 2.33. The largest absolute Gasteiger partial charge is 0.439 e. The van der Waals surface area contributed by atoms with Crippen molar-refractivity contribution in [3.8, 4) is 0 Å². The average molecular weight is 361 g/mol. The van der Waals surface area contributed by atoms with Gasteiger partial charge in [-0.2, -0.15) is 5.10 Å². The normalized spacial score (nSPS) is 26.6. The Morgan fingerprint density at radius 1 is 1.31 bits per heavy atom. The van der Waals surface area contributed by atoms with Crippen LogP contribution in [0.15, 0.2) is 6.07 Å². The Morgan fingerprint density at radius 3 is 2.77 bits per heavy atom. The van der Waals surface area contributed by atoms with Crippen molar-refractivity contribution in [1.29, 1.82) is 0 Å². The first-order chi connectivity index (χ1) is 12.5. The van der Waals surface area contributed by atoms with Crippen molar-refractivity contribution in [3.05, 3.63) is 11.8 Å². The standard InChI is InChI=1S/C18H27N5O3/c1-13-10-15(23(20-13)14-6-4-3-5-7-14)19-16(24)22-9-8-18(12-22)11-21(2)17(25)26-18/h10,14H,3-9,11-12H2,1-2H3,(H,19,24)/t18-/m1/s1. The molecule has 0 unspecified atom stereocenters. The van der Waals surface area contributed by atoms with Gasteiger partial charge in [0.15, 0.2) is 5.60 Å². The van der Waals surface area contributed by atoms with Gasteiger partial charge >= 0.3 is 12.1 Å². The molecule has 1 aromatic heterocycles. The topological polar surface area (TPSA) is 79.7 Å². The number of urea groups is 1. The Morgan fingerprint density at radius 2 is 2.08 bits per heavy atom. The van der Waals surface area contributed by atoms with Crippen molar-refractivity contribution in [1.82, 2.24) is 19.6 Å². The molecule has 0 radical (unpaired) electrons. The fourth-order valence-corrected chi connectivity index (χ4v) is 4.43. The van der Waals surface area contributed by atoms with E-state index in [-0.39, 0.29) is 12.1 Å². The van der Waals surface area contributed by atoms with Crippen LogP contribution in [0.2, 0.25) is 0 Å². The highest BCUT2D eigenvalue weighted by atomic mass is 16.6. The minimum Gasteiger partial charge on any atom is -0.439 e. The van der Waals surface area contributed by atoms with Gasteiger partial charge in [0.05, 0.1) is 24.8 Å². The Labute approximate surface area is 153 Å². The van der Waals surface area contributed by atoms with E-state index in [0.717, 1.165) is 24.4 Å². The first-order valence-electron chi connectivity index (χ1n) is 9.52. The molecule has 0 bridgehead atoms. The van der Waals surface area contributed by atoms with Crippen LogP contribution in [0.4, 0.5) is 15.4 Å². The maximum Gasteiger partial charge on any atom is 0.410 e. The zero-order chi connectivity index (χ0) is 18.3. The molecule has 4 rings (SSSR count). The van der Waals surface area contributed by atoms with Crippen LogP contribution in [0.5, 0.6) is 0 Å². The summed E-state index contributed by atoms with van der Waals surface area (Å²) in [5.74, 6) is 0.765. The van der Waals surface area contributed by atoms with Crippen molar-refractivity contribution >= 4 is 17.9 Å². The Kier molecular flexibility index (Phi) is 4.28. The van der Waals surface area contributed by atoms with Gasteiger partial charge in [-0.25, -0.2) is 14.3 Å². The van der Waals surface area contributed by atoms with Crippen LogP contribution in [-0.4, -0.2) is 64.0 Å². The summed E-state index contributed by atoms with van der Waals surface area (Å²) in [5.41, 5.74) is 0.359. The summed E-state index contributed by atoms with van der Waals surface area (Å²) in [6.45, 7) is 3.51. The van der Waals surface area contributed by atoms with Crippen LogP contribution >= 0.6 is 0 Å². The number of aryl methyl sites for hydroxylation is 1. The average Bonchev–Trinajstić information content (AvgIpc) is 3.27. The number of nitrogens with one attached hydrogen (secondary N) is 1. The molecule has 142 valence electrons. The molecular weight excluding hydrogens is 334 g/mol. The van der Waals surface area contributed by atoms with Crippen LogP contribution in [-0.2, 0) is 4.74 Å². The summed E-state index contributed by atoms with van der Waals surface area (Å²) >= 11 is 0. The molecule has 3 heterocycles. The molecule has 2 aliphatic heterocycles. The summed E-state index contributed by atoms with van der Waals surface area (Å²) in [4.78, 5) is 27.8. The molecule has 8 nitrogen and oxygen atoms in total. The van der Waals surface area contributed by atoms with Gasteiger partial charge in [-0.1, -0.05) is 19.3 Å². The van der Waals surface area contributed by atoms with Crippen molar-refractivity contribution in [3.63, 3.8) is 0 Å². The number of likely N-dealkylation sites (N-methyl/N-ethyl adjacent to an activating group) is 1. The number of amides is 3. The fourth-order valence-electron chi connectivity index (χ4n) is 4.43. The van der Waals surface area contributed by atoms with Gasteiger partial charge in [-0.15, -0.1) is 0 Å². The number of rotatable bonds is 2. The first kappa shape index (κ1) is 17.2. The third kappa shape index (κ3) is 3.12. The van der Waals surface area contributed by atoms with Gasteiger partial charge < -0.3 is 14.5 Å². The van der Waals surface area contributed by atoms with Crippen molar-refractivity contribution < 1.29 is 14.3 Å². The Balaban J connectivity index is 1.43. The maximum atomic E-state index is 12.8. The molecule has 1 spiro atoms. The van der Waals surface area contributed by atoms with Crippen molar-refractivity contribution in [2.75, 3.05) is 32.0 Å². The lowest BCUT2D eigenvalue weighted by atomic mass is 9.96. The van der Waals surface area contributed by atoms with Crippen LogP contribution in [0.1, 0.15) is 50.3 Å². The number of aromatic nitrogens is 2. The van der Waals surface area contributed by atoms with E-state index >= 15 is 0 Å². The molecule has 3 fully saturated rings. The molecule has 3 amide bonds. The molecule has 2 saturated heterocycles. The summed E-state index contributed by atoms with van der Waals surface area (Å²) < 4.78 is 7.51. The summed E-state index contributed by atoms with van der Waals surface area (Å²) in [5, 5.41) is 7.64. The van der Waals surface area contributed by atoms with Gasteiger partial charge in [0, 0.05) is 26.1 Å². The monoisotopic (exact) mass is 361 g/mol. The van der Waals surface area contributed by atoms with E-state index < -0.39 is 5.60 Å². The lowest BCUT2D eigenvalue weighted by Crippen LogP contribution is -2.40. The highest BCUT2D eigenvalue weighted by molar-refractivity contribution is 5.89. The predicted molar refractivity (Wildman–Crippen MR) is 96.1 cm³/mol. The third-order valence-electron chi connectivity index (χ3n) is 5.76. The molecule has 0 aromatic carbocycles. The molecule has 3 aliphatic rings. The van der Waals surface area contributed by atoms with E-state index in [4.69, 9.17) is 4.74 Å². The van der Waals surface area contributed by atoms with Crippen LogP contribution in [0, 0.1) is 6.92 Å². The van der Waals surface area contributed by atoms with Gasteiger partial charge in [-0.3, -0.25) is 5.32 Å². The molecule has 1 aliphatic carbocycles. The van der Waals surface area contributed by atoms with E-state index in [2.05, 4.69) is 10.4 Å². The Hall–Kier alpha value is -2.25. The molecule has 1 N–H and O–H groups in total. The number of carbonyl (C=O) groups excluding carboxylic acids is 2. The zero-order valence-electron chi connectivity index (χ0n) is 15.5. The number of ether oxygens (including phenoxy) is 1. The van der Waals surface area contributed by atoms with E-state index in [1.54, 1.807) is 16.8 Å². The molecule has 8 heteroatoms. The van der Waals surface area contributed by atoms with Gasteiger partial charge in [0.25, 0.3) is 0 Å². The smallest absolute Gasteiger partial charge is 0.410 e. The maximum absolute atomic E-state index is 12.8. The van der Waals surface area contributed by atoms with Crippen LogP contribution < -0.4 is 5.32 Å². The van der Waals surface area contributed by atoms with Crippen molar-refractivity contribution in [2.24, 2.45) is 0 Å². The second kappa shape index (κ2) is 6.48. The lowest BCUT2D eigenvalue weighted by Gasteiger charge is -2.25. The number of nitrogens with zero attached hydrogens (tertiary/aromatic N) is 4. The quantitative estimate of drug-likeness (QED) is 0.878. The number of carbonyl (C=O) groups is 2.